The molecule has 0 bridgehead atoms. The number of rotatable bonds is 34. The summed E-state index contributed by atoms with van der Waals surface area (Å²) in [7, 11) is 0. The first-order valence-corrected chi connectivity index (χ1v) is 29.3. The van der Waals surface area contributed by atoms with Crippen molar-refractivity contribution >= 4 is 47.1 Å². The highest BCUT2D eigenvalue weighted by Crippen LogP contribution is 2.35. The van der Waals surface area contributed by atoms with E-state index in [0.717, 1.165) is 69.3 Å². The largest absolute Gasteiger partial charge is 0.494 e. The van der Waals surface area contributed by atoms with E-state index >= 15 is 0 Å². The average Bonchev–Trinajstić information content (AvgIpc) is 3.44. The van der Waals surface area contributed by atoms with Crippen molar-refractivity contribution in [3.05, 3.63) is 191 Å². The molecule has 0 aliphatic heterocycles. The van der Waals surface area contributed by atoms with Crippen LogP contribution in [-0.4, -0.2) is 13.2 Å². The number of nitrogens with one attached hydrogen (secondary N) is 2. The monoisotopic (exact) mass is 1010 g/mol. The Morgan fingerprint density at radius 3 is 1.13 bits per heavy atom. The van der Waals surface area contributed by atoms with E-state index in [4.69, 9.17) is 9.47 Å². The van der Waals surface area contributed by atoms with Gasteiger partial charge < -0.3 is 20.1 Å². The molecule has 0 atom stereocenters. The number of unbranched alkanes of at least 4 members (excludes halogenated alkanes) is 18. The molecule has 0 radical (unpaired) electrons. The minimum atomic E-state index is 0.674. The molecule has 0 aromatic heterocycles. The maximum atomic E-state index is 6.87. The van der Waals surface area contributed by atoms with Crippen molar-refractivity contribution in [1.82, 2.24) is 0 Å². The molecule has 0 heterocycles. The summed E-state index contributed by atoms with van der Waals surface area (Å²) >= 11 is 0. The van der Waals surface area contributed by atoms with Crippen molar-refractivity contribution in [1.29, 1.82) is 0 Å². The quantitative estimate of drug-likeness (QED) is 0.0312. The zero-order valence-electron chi connectivity index (χ0n) is 46.7. The summed E-state index contributed by atoms with van der Waals surface area (Å²) < 4.78 is 13.5. The summed E-state index contributed by atoms with van der Waals surface area (Å²) in [5.74, 6) is 1.77. The van der Waals surface area contributed by atoms with Gasteiger partial charge in [-0.25, -0.2) is 0 Å². The van der Waals surface area contributed by atoms with Crippen LogP contribution in [0, 0.1) is 13.8 Å². The number of hydrogen-bond acceptors (Lipinski definition) is 4. The molecule has 0 unspecified atom stereocenters. The van der Waals surface area contributed by atoms with Crippen molar-refractivity contribution < 1.29 is 9.47 Å². The highest BCUT2D eigenvalue weighted by Gasteiger charge is 2.12. The van der Waals surface area contributed by atoms with E-state index in [0.29, 0.717) is 13.2 Å². The molecule has 0 spiro atoms. The van der Waals surface area contributed by atoms with Crippen LogP contribution in [0.15, 0.2) is 158 Å². The molecule has 4 nitrogen and oxygen atoms in total. The van der Waals surface area contributed by atoms with E-state index in [-0.39, 0.29) is 0 Å². The molecule has 7 aromatic carbocycles. The van der Waals surface area contributed by atoms with E-state index in [1.54, 1.807) is 0 Å². The molecule has 4 heteroatoms. The smallest absolute Gasteiger partial charge is 0.133 e. The van der Waals surface area contributed by atoms with E-state index < -0.39 is 0 Å². The number of ether oxygens (including phenoxy) is 2. The lowest BCUT2D eigenvalue weighted by Crippen LogP contribution is -2.03. The van der Waals surface area contributed by atoms with Crippen LogP contribution in [0.3, 0.4) is 0 Å². The molecular weight excluding hydrogens is 925 g/mol. The zero-order valence-corrected chi connectivity index (χ0v) is 46.7. The van der Waals surface area contributed by atoms with E-state index in [9.17, 15) is 0 Å². The van der Waals surface area contributed by atoms with Crippen molar-refractivity contribution in [2.24, 2.45) is 0 Å². The summed E-state index contributed by atoms with van der Waals surface area (Å²) in [6.45, 7) is 10.3. The van der Waals surface area contributed by atoms with Crippen LogP contribution in [-0.2, 0) is 0 Å². The molecule has 0 saturated heterocycles. The highest BCUT2D eigenvalue weighted by molar-refractivity contribution is 5.82. The van der Waals surface area contributed by atoms with Gasteiger partial charge in [0.2, 0.25) is 0 Å². The van der Waals surface area contributed by atoms with Crippen LogP contribution in [0.25, 0.3) is 46.6 Å². The van der Waals surface area contributed by atoms with Gasteiger partial charge in [0, 0.05) is 33.9 Å². The van der Waals surface area contributed by atoms with Crippen molar-refractivity contribution in [3.8, 4) is 33.8 Å². The Morgan fingerprint density at radius 2 is 0.724 bits per heavy atom. The van der Waals surface area contributed by atoms with Crippen LogP contribution in [0.2, 0.25) is 0 Å². The van der Waals surface area contributed by atoms with Gasteiger partial charge in [-0.05, 0) is 132 Å². The molecule has 398 valence electrons. The van der Waals surface area contributed by atoms with Crippen LogP contribution in [0.4, 0.5) is 22.7 Å². The van der Waals surface area contributed by atoms with Gasteiger partial charge in [0.25, 0.3) is 0 Å². The Labute approximate surface area is 459 Å². The SMILES string of the molecule is CCCCCCCCCCCCOc1cc(C=Cc2ccc(Nc3cccc(-c4ccccc4C)c3)cc2)c(OCCCCCCCCCCCC)c(C=Cc2ccc(Nc3cccc(-c4ccccc4C)c3)cc2)c1. The van der Waals surface area contributed by atoms with Crippen LogP contribution in [0.5, 0.6) is 11.5 Å². The fraction of sp³-hybridized carbons (Fsp3) is 0.361. The van der Waals surface area contributed by atoms with Crippen molar-refractivity contribution in [2.75, 3.05) is 23.8 Å². The van der Waals surface area contributed by atoms with E-state index in [2.05, 4.69) is 220 Å². The number of hydrogen-bond donors (Lipinski definition) is 2. The Bertz CT molecular complexity index is 2660. The molecule has 0 fully saturated rings. The first kappa shape index (κ1) is 56.9. The lowest BCUT2D eigenvalue weighted by Gasteiger charge is -2.16. The summed E-state index contributed by atoms with van der Waals surface area (Å²) in [6.07, 6.45) is 34.7. The van der Waals surface area contributed by atoms with Gasteiger partial charge >= 0.3 is 0 Å². The highest BCUT2D eigenvalue weighted by atomic mass is 16.5. The minimum absolute atomic E-state index is 0.674. The maximum Gasteiger partial charge on any atom is 0.133 e. The molecule has 0 amide bonds. The third-order valence-corrected chi connectivity index (χ3v) is 14.6. The molecule has 0 aliphatic rings. The molecule has 7 aromatic rings. The third kappa shape index (κ3) is 19.4. The fourth-order valence-corrected chi connectivity index (χ4v) is 10.1. The standard InChI is InChI=1S/C72H88N2O2/c1-5-7-9-11-13-15-17-19-21-27-51-75-69-55-63(45-39-59-41-47-65(48-42-59)73-67-35-29-33-61(53-67)70-37-25-23-31-57(70)3)72(76-52-28-22-20-18-16-14-12-10-8-6-2)64(56-69)46-40-60-43-49-66(50-44-60)74-68-36-30-34-62(54-68)71-38-26-24-32-58(71)4/h23-26,29-50,53-56,73-74H,5-22,27-28,51-52H2,1-4H3. The van der Waals surface area contributed by atoms with Gasteiger partial charge in [-0.3, -0.25) is 0 Å². The Kier molecular flexibility index (Phi) is 24.4. The van der Waals surface area contributed by atoms with Gasteiger partial charge in [0.05, 0.1) is 13.2 Å². The molecule has 0 aliphatic carbocycles. The first-order chi connectivity index (χ1) is 37.4. The van der Waals surface area contributed by atoms with Gasteiger partial charge in [-0.15, -0.1) is 0 Å². The maximum absolute atomic E-state index is 6.87. The summed E-state index contributed by atoms with van der Waals surface area (Å²) in [5, 5.41) is 7.28. The first-order valence-electron chi connectivity index (χ1n) is 29.3. The van der Waals surface area contributed by atoms with Crippen LogP contribution < -0.4 is 20.1 Å². The lowest BCUT2D eigenvalue weighted by molar-refractivity contribution is 0.295. The van der Waals surface area contributed by atoms with Gasteiger partial charge in [0.15, 0.2) is 0 Å². The van der Waals surface area contributed by atoms with Crippen molar-refractivity contribution in [3.63, 3.8) is 0 Å². The Balaban J connectivity index is 1.08. The second-order valence-electron chi connectivity index (χ2n) is 20.9. The molecular formula is C72H88N2O2. The second-order valence-corrected chi connectivity index (χ2v) is 20.9. The predicted molar refractivity (Wildman–Crippen MR) is 332 cm³/mol. The number of benzene rings is 7. The fourth-order valence-electron chi connectivity index (χ4n) is 10.1. The van der Waals surface area contributed by atoms with Crippen molar-refractivity contribution in [2.45, 2.75) is 156 Å². The average molecular weight is 1010 g/mol. The normalized spacial score (nSPS) is 11.4. The van der Waals surface area contributed by atoms with Crippen LogP contribution >= 0.6 is 0 Å². The Hall–Kier alpha value is -6.78. The third-order valence-electron chi connectivity index (χ3n) is 14.6. The lowest BCUT2D eigenvalue weighted by atomic mass is 10.0. The summed E-state index contributed by atoms with van der Waals surface area (Å²) in [5.41, 5.74) is 16.0. The number of anilines is 4. The van der Waals surface area contributed by atoms with Gasteiger partial charge in [0.1, 0.15) is 11.5 Å². The zero-order chi connectivity index (χ0) is 52.8. The minimum Gasteiger partial charge on any atom is -0.494 e. The van der Waals surface area contributed by atoms with Crippen LogP contribution in [0.1, 0.15) is 176 Å². The van der Waals surface area contributed by atoms with E-state index in [1.807, 2.05) is 0 Å². The molecule has 2 N–H and O–H groups in total. The molecule has 0 saturated carbocycles. The Morgan fingerprint density at radius 1 is 0.342 bits per heavy atom. The molecule has 7 rings (SSSR count). The molecule has 76 heavy (non-hydrogen) atoms. The second kappa shape index (κ2) is 32.6. The predicted octanol–water partition coefficient (Wildman–Crippen LogP) is 22.1. The topological polar surface area (TPSA) is 42.5 Å². The summed E-state index contributed by atoms with van der Waals surface area (Å²) in [4.78, 5) is 0. The van der Waals surface area contributed by atoms with E-state index in [1.165, 1.54) is 149 Å². The number of aryl methyl sites for hydroxylation is 2. The van der Waals surface area contributed by atoms with Gasteiger partial charge in [-0.1, -0.05) is 251 Å². The summed E-state index contributed by atoms with van der Waals surface area (Å²) in [6, 6.07) is 56.2. The van der Waals surface area contributed by atoms with Gasteiger partial charge in [-0.2, -0.15) is 0 Å².